The lowest BCUT2D eigenvalue weighted by Gasteiger charge is -2.20. The summed E-state index contributed by atoms with van der Waals surface area (Å²) < 4.78 is 10.5. The topological polar surface area (TPSA) is 130 Å². The molecule has 38 heavy (non-hydrogen) atoms. The number of likely N-dealkylation sites (tertiary alicyclic amines) is 1. The number of nitrogens with zero attached hydrogens (tertiary/aromatic N) is 7. The SMILES string of the molecule is Cn1c(C(=O)OC(C)(C)C)cnc1CN1CCC(n2c(=O)n(-c3ccc([N+](=O)[O-])cc3)c3cccnc32)C1. The Morgan fingerprint density at radius 2 is 1.92 bits per heavy atom. The summed E-state index contributed by atoms with van der Waals surface area (Å²) in [5.74, 6) is 0.306. The zero-order valence-electron chi connectivity index (χ0n) is 21.7. The third kappa shape index (κ3) is 4.70. The van der Waals surface area contributed by atoms with Crippen molar-refractivity contribution < 1.29 is 14.5 Å². The average molecular weight is 520 g/mol. The third-order valence-electron chi connectivity index (χ3n) is 6.62. The van der Waals surface area contributed by atoms with Gasteiger partial charge < -0.3 is 9.30 Å². The van der Waals surface area contributed by atoms with Crippen LogP contribution in [0.25, 0.3) is 16.9 Å². The number of rotatable bonds is 6. The summed E-state index contributed by atoms with van der Waals surface area (Å²) in [5, 5.41) is 11.1. The Balaban J connectivity index is 1.40. The van der Waals surface area contributed by atoms with Crippen molar-refractivity contribution in [3.63, 3.8) is 0 Å². The van der Waals surface area contributed by atoms with E-state index in [9.17, 15) is 19.7 Å². The van der Waals surface area contributed by atoms with Crippen molar-refractivity contribution in [1.29, 1.82) is 0 Å². The normalized spacial score (nSPS) is 16.3. The number of ether oxygens (including phenoxy) is 1. The Labute approximate surface area is 218 Å². The van der Waals surface area contributed by atoms with Gasteiger partial charge in [-0.05, 0) is 51.5 Å². The lowest BCUT2D eigenvalue weighted by Crippen LogP contribution is -2.29. The number of imidazole rings is 2. The van der Waals surface area contributed by atoms with E-state index in [0.717, 1.165) is 18.8 Å². The molecular formula is C26H29N7O5. The molecule has 4 aromatic rings. The zero-order valence-corrected chi connectivity index (χ0v) is 21.7. The van der Waals surface area contributed by atoms with Crippen LogP contribution in [0.4, 0.5) is 5.69 Å². The van der Waals surface area contributed by atoms with Crippen molar-refractivity contribution in [2.45, 2.75) is 45.4 Å². The van der Waals surface area contributed by atoms with Gasteiger partial charge in [-0.25, -0.2) is 19.6 Å². The number of hydrogen-bond acceptors (Lipinski definition) is 8. The number of hydrogen-bond donors (Lipinski definition) is 0. The molecule has 1 aromatic carbocycles. The molecule has 3 aromatic heterocycles. The molecule has 1 unspecified atom stereocenters. The Morgan fingerprint density at radius 3 is 2.61 bits per heavy atom. The number of aromatic nitrogens is 5. The van der Waals surface area contributed by atoms with Crippen LogP contribution in [0.2, 0.25) is 0 Å². The first-order valence-electron chi connectivity index (χ1n) is 12.3. The largest absolute Gasteiger partial charge is 0.455 e. The molecule has 0 saturated carbocycles. The Hall–Kier alpha value is -4.32. The highest BCUT2D eigenvalue weighted by Crippen LogP contribution is 2.27. The van der Waals surface area contributed by atoms with Crippen LogP contribution in [-0.4, -0.2) is 58.2 Å². The van der Waals surface area contributed by atoms with Crippen molar-refractivity contribution in [3.8, 4) is 5.69 Å². The van der Waals surface area contributed by atoms with Crippen LogP contribution >= 0.6 is 0 Å². The summed E-state index contributed by atoms with van der Waals surface area (Å²) in [6.45, 7) is 7.32. The van der Waals surface area contributed by atoms with E-state index in [2.05, 4.69) is 14.9 Å². The summed E-state index contributed by atoms with van der Waals surface area (Å²) in [6.07, 6.45) is 3.92. The maximum atomic E-state index is 13.7. The fourth-order valence-corrected chi connectivity index (χ4v) is 4.83. The molecule has 4 heterocycles. The van der Waals surface area contributed by atoms with Crippen molar-refractivity contribution >= 4 is 22.8 Å². The second-order valence-corrected chi connectivity index (χ2v) is 10.4. The molecule has 0 aliphatic carbocycles. The number of benzene rings is 1. The molecule has 0 spiro atoms. The van der Waals surface area contributed by atoms with Gasteiger partial charge in [-0.1, -0.05) is 0 Å². The molecule has 12 heteroatoms. The van der Waals surface area contributed by atoms with Crippen molar-refractivity contribution in [2.75, 3.05) is 13.1 Å². The first-order chi connectivity index (χ1) is 18.0. The summed E-state index contributed by atoms with van der Waals surface area (Å²) >= 11 is 0. The molecule has 1 saturated heterocycles. The number of carbonyl (C=O) groups excluding carboxylic acids is 1. The molecule has 1 atom stereocenters. The Kier molecular flexibility index (Phi) is 6.35. The lowest BCUT2D eigenvalue weighted by molar-refractivity contribution is -0.384. The molecule has 0 N–H and O–H groups in total. The van der Waals surface area contributed by atoms with Crippen LogP contribution in [0.3, 0.4) is 0 Å². The van der Waals surface area contributed by atoms with Crippen LogP contribution < -0.4 is 5.69 Å². The van der Waals surface area contributed by atoms with Gasteiger partial charge in [0.05, 0.1) is 34.9 Å². The predicted molar refractivity (Wildman–Crippen MR) is 139 cm³/mol. The Bertz CT molecular complexity index is 1580. The third-order valence-corrected chi connectivity index (χ3v) is 6.62. The number of esters is 1. The minimum atomic E-state index is -0.599. The lowest BCUT2D eigenvalue weighted by atomic mass is 10.2. The number of nitro groups is 1. The fraction of sp³-hybridized carbons (Fsp3) is 0.385. The molecule has 1 aliphatic rings. The number of carbonyl (C=O) groups is 1. The molecule has 198 valence electrons. The van der Waals surface area contributed by atoms with E-state index >= 15 is 0 Å². The maximum Gasteiger partial charge on any atom is 0.357 e. The second kappa shape index (κ2) is 9.53. The van der Waals surface area contributed by atoms with Gasteiger partial charge in [0.1, 0.15) is 17.1 Å². The highest BCUT2D eigenvalue weighted by atomic mass is 16.6. The van der Waals surface area contributed by atoms with Gasteiger partial charge in [0, 0.05) is 38.5 Å². The van der Waals surface area contributed by atoms with Gasteiger partial charge >= 0.3 is 11.7 Å². The highest BCUT2D eigenvalue weighted by molar-refractivity contribution is 5.87. The highest BCUT2D eigenvalue weighted by Gasteiger charge is 2.30. The first kappa shape index (κ1) is 25.3. The van der Waals surface area contributed by atoms with E-state index in [1.54, 1.807) is 45.1 Å². The van der Waals surface area contributed by atoms with Crippen molar-refractivity contribution in [2.24, 2.45) is 7.05 Å². The average Bonchev–Trinajstić information content (AvgIpc) is 3.54. The van der Waals surface area contributed by atoms with Gasteiger partial charge in [0.25, 0.3) is 5.69 Å². The van der Waals surface area contributed by atoms with Crippen LogP contribution in [-0.2, 0) is 18.3 Å². The number of non-ortho nitro benzene ring substituents is 1. The Morgan fingerprint density at radius 1 is 1.18 bits per heavy atom. The van der Waals surface area contributed by atoms with E-state index in [-0.39, 0.29) is 17.4 Å². The number of pyridine rings is 1. The zero-order chi connectivity index (χ0) is 27.2. The van der Waals surface area contributed by atoms with E-state index < -0.39 is 16.5 Å². The van der Waals surface area contributed by atoms with E-state index in [1.165, 1.54) is 18.3 Å². The van der Waals surface area contributed by atoms with E-state index in [1.807, 2.05) is 26.8 Å². The fourth-order valence-electron chi connectivity index (χ4n) is 4.83. The summed E-state index contributed by atoms with van der Waals surface area (Å²) in [6, 6.07) is 9.37. The predicted octanol–water partition coefficient (Wildman–Crippen LogP) is 3.23. The monoisotopic (exact) mass is 519 g/mol. The standard InChI is InChI=1S/C26H29N7O5/c1-26(2,3)38-24(34)21-14-28-22(29(21)4)16-30-13-11-19(15-30)32-23-20(6-5-12-27-23)31(25(32)35)17-7-9-18(10-8-17)33(36)37/h5-10,12,14,19H,11,13,15-16H2,1-4H3. The summed E-state index contributed by atoms with van der Waals surface area (Å²) in [4.78, 5) is 47.9. The van der Waals surface area contributed by atoms with Crippen LogP contribution in [0.5, 0.6) is 0 Å². The van der Waals surface area contributed by atoms with Crippen LogP contribution in [0, 0.1) is 10.1 Å². The molecule has 0 amide bonds. The quantitative estimate of drug-likeness (QED) is 0.216. The van der Waals surface area contributed by atoms with Gasteiger partial charge in [0.2, 0.25) is 0 Å². The van der Waals surface area contributed by atoms with E-state index in [4.69, 9.17) is 4.74 Å². The maximum absolute atomic E-state index is 13.7. The summed E-state index contributed by atoms with van der Waals surface area (Å²) in [7, 11) is 1.79. The van der Waals surface area contributed by atoms with Crippen LogP contribution in [0.15, 0.2) is 53.6 Å². The molecule has 12 nitrogen and oxygen atoms in total. The number of nitro benzene ring substituents is 1. The van der Waals surface area contributed by atoms with Gasteiger partial charge in [-0.15, -0.1) is 0 Å². The minimum Gasteiger partial charge on any atom is -0.455 e. The molecule has 0 radical (unpaired) electrons. The molecule has 0 bridgehead atoms. The summed E-state index contributed by atoms with van der Waals surface area (Å²) in [5.41, 5.74) is 1.23. The smallest absolute Gasteiger partial charge is 0.357 e. The molecule has 1 aliphatic heterocycles. The molecule has 1 fully saturated rings. The molecular weight excluding hydrogens is 490 g/mol. The van der Waals surface area contributed by atoms with Gasteiger partial charge in [-0.3, -0.25) is 24.1 Å². The minimum absolute atomic E-state index is 0.0424. The van der Waals surface area contributed by atoms with Gasteiger partial charge in [0.15, 0.2) is 5.65 Å². The van der Waals surface area contributed by atoms with Crippen molar-refractivity contribution in [3.05, 3.63) is 80.9 Å². The number of fused-ring (bicyclic) bond motifs is 1. The second-order valence-electron chi connectivity index (χ2n) is 10.4. The van der Waals surface area contributed by atoms with Crippen molar-refractivity contribution in [1.82, 2.24) is 28.6 Å². The molecule has 5 rings (SSSR count). The van der Waals surface area contributed by atoms with E-state index in [0.29, 0.717) is 35.6 Å². The first-order valence-corrected chi connectivity index (χ1v) is 12.3. The van der Waals surface area contributed by atoms with Gasteiger partial charge in [-0.2, -0.15) is 0 Å². The van der Waals surface area contributed by atoms with Crippen LogP contribution in [0.1, 0.15) is 49.5 Å².